The van der Waals surface area contributed by atoms with Gasteiger partial charge in [-0.25, -0.2) is 0 Å². The van der Waals surface area contributed by atoms with Gasteiger partial charge in [0, 0.05) is 18.1 Å². The number of nitrogens with two attached hydrogens (primary N) is 2. The molecular weight excluding hydrogens is 202 g/mol. The van der Waals surface area contributed by atoms with E-state index in [-0.39, 0.29) is 5.78 Å². The lowest BCUT2D eigenvalue weighted by Gasteiger charge is -2.32. The molecule has 0 saturated heterocycles. The number of nitrogens with zero attached hydrogens (tertiary/aromatic N) is 1. The summed E-state index contributed by atoms with van der Waals surface area (Å²) >= 11 is 0. The third-order valence-corrected chi connectivity index (χ3v) is 3.30. The first-order valence-electron chi connectivity index (χ1n) is 5.67. The molecule has 1 aromatic rings. The molecule has 1 heterocycles. The summed E-state index contributed by atoms with van der Waals surface area (Å²) in [5.41, 5.74) is 12.1. The number of aromatic nitrogens is 1. The lowest BCUT2D eigenvalue weighted by Crippen LogP contribution is -2.49. The van der Waals surface area contributed by atoms with Crippen LogP contribution in [-0.4, -0.2) is 16.3 Å². The van der Waals surface area contributed by atoms with Crippen LogP contribution in [0.3, 0.4) is 0 Å². The van der Waals surface area contributed by atoms with Crippen LogP contribution in [-0.2, 0) is 0 Å². The summed E-state index contributed by atoms with van der Waals surface area (Å²) in [5.74, 6) is -0.0576. The number of hydrogen-bond acceptors (Lipinski definition) is 4. The molecule has 86 valence electrons. The van der Waals surface area contributed by atoms with Crippen molar-refractivity contribution in [2.45, 2.75) is 37.6 Å². The molecular formula is C12H17N3O. The Morgan fingerprint density at radius 1 is 1.31 bits per heavy atom. The number of pyridine rings is 1. The Bertz CT molecular complexity index is 397. The highest BCUT2D eigenvalue weighted by Crippen LogP contribution is 2.30. The molecule has 0 spiro atoms. The number of carbonyl (C=O) groups is 1. The van der Waals surface area contributed by atoms with Gasteiger partial charge in [0.15, 0.2) is 5.78 Å². The van der Waals surface area contributed by atoms with Crippen molar-refractivity contribution in [1.29, 1.82) is 0 Å². The summed E-state index contributed by atoms with van der Waals surface area (Å²) in [6.07, 6.45) is 7.79. The molecule has 1 aliphatic rings. The van der Waals surface area contributed by atoms with Crippen LogP contribution in [0.2, 0.25) is 0 Å². The quantitative estimate of drug-likeness (QED) is 0.738. The van der Waals surface area contributed by atoms with Crippen molar-refractivity contribution in [2.24, 2.45) is 5.73 Å². The molecule has 4 nitrogen and oxygen atoms in total. The summed E-state index contributed by atoms with van der Waals surface area (Å²) in [5, 5.41) is 0. The zero-order valence-electron chi connectivity index (χ0n) is 9.28. The summed E-state index contributed by atoms with van der Waals surface area (Å²) < 4.78 is 0. The number of hydrogen-bond donors (Lipinski definition) is 2. The second-order valence-electron chi connectivity index (χ2n) is 4.51. The van der Waals surface area contributed by atoms with Gasteiger partial charge in [-0.3, -0.25) is 9.78 Å². The minimum absolute atomic E-state index is 0.0576. The molecule has 0 atom stereocenters. The van der Waals surface area contributed by atoms with Crippen molar-refractivity contribution in [3.05, 3.63) is 24.0 Å². The average molecular weight is 219 g/mol. The Morgan fingerprint density at radius 2 is 2.00 bits per heavy atom. The Balaban J connectivity index is 2.28. The maximum Gasteiger partial charge on any atom is 0.186 e. The minimum Gasteiger partial charge on any atom is -0.398 e. The molecule has 4 N–H and O–H groups in total. The standard InChI is InChI=1S/C12H17N3O/c13-10-4-7-15-8-9(10)11(16)12(14)5-2-1-3-6-12/h4,7-8H,1-3,5-6,14H2,(H2,13,15). The fraction of sp³-hybridized carbons (Fsp3) is 0.500. The van der Waals surface area contributed by atoms with Gasteiger partial charge in [-0.2, -0.15) is 0 Å². The van der Waals surface area contributed by atoms with E-state index in [4.69, 9.17) is 11.5 Å². The van der Waals surface area contributed by atoms with Crippen LogP contribution in [0.1, 0.15) is 42.5 Å². The van der Waals surface area contributed by atoms with Crippen LogP contribution in [0.5, 0.6) is 0 Å². The summed E-state index contributed by atoms with van der Waals surface area (Å²) in [7, 11) is 0. The Morgan fingerprint density at radius 3 is 2.62 bits per heavy atom. The predicted molar refractivity (Wildman–Crippen MR) is 63.0 cm³/mol. The second-order valence-corrected chi connectivity index (χ2v) is 4.51. The first-order chi connectivity index (χ1) is 7.63. The van der Waals surface area contributed by atoms with Gasteiger partial charge in [0.1, 0.15) is 0 Å². The molecule has 2 rings (SSSR count). The molecule has 0 aromatic carbocycles. The van der Waals surface area contributed by atoms with E-state index < -0.39 is 5.54 Å². The van der Waals surface area contributed by atoms with Gasteiger partial charge >= 0.3 is 0 Å². The zero-order chi connectivity index (χ0) is 11.6. The first kappa shape index (κ1) is 11.1. The zero-order valence-corrected chi connectivity index (χ0v) is 9.28. The van der Waals surface area contributed by atoms with E-state index in [1.165, 1.54) is 6.20 Å². The molecule has 0 aliphatic heterocycles. The predicted octanol–water partition coefficient (Wildman–Crippen LogP) is 1.51. The smallest absolute Gasteiger partial charge is 0.186 e. The number of nitrogen functional groups attached to an aromatic ring is 1. The third-order valence-electron chi connectivity index (χ3n) is 3.30. The van der Waals surface area contributed by atoms with Gasteiger partial charge in [0.2, 0.25) is 0 Å². The molecule has 0 amide bonds. The van der Waals surface area contributed by atoms with E-state index in [1.54, 1.807) is 12.3 Å². The van der Waals surface area contributed by atoms with Gasteiger partial charge in [0.25, 0.3) is 0 Å². The number of ketones is 1. The van der Waals surface area contributed by atoms with Crippen molar-refractivity contribution in [2.75, 3.05) is 5.73 Å². The van der Waals surface area contributed by atoms with Gasteiger partial charge in [-0.15, -0.1) is 0 Å². The van der Waals surface area contributed by atoms with Gasteiger partial charge in [-0.05, 0) is 18.9 Å². The van der Waals surface area contributed by atoms with Crippen LogP contribution < -0.4 is 11.5 Å². The molecule has 1 fully saturated rings. The van der Waals surface area contributed by atoms with E-state index in [1.807, 2.05) is 0 Å². The first-order valence-corrected chi connectivity index (χ1v) is 5.67. The van der Waals surface area contributed by atoms with Crippen LogP contribution in [0.4, 0.5) is 5.69 Å². The van der Waals surface area contributed by atoms with E-state index >= 15 is 0 Å². The van der Waals surface area contributed by atoms with Crippen LogP contribution in [0.15, 0.2) is 18.5 Å². The fourth-order valence-corrected chi connectivity index (χ4v) is 2.27. The van der Waals surface area contributed by atoms with Gasteiger partial charge in [-0.1, -0.05) is 19.3 Å². The van der Waals surface area contributed by atoms with Crippen molar-refractivity contribution >= 4 is 11.5 Å². The number of rotatable bonds is 2. The summed E-state index contributed by atoms with van der Waals surface area (Å²) in [4.78, 5) is 16.2. The number of anilines is 1. The SMILES string of the molecule is Nc1ccncc1C(=O)C1(N)CCCCC1. The molecule has 1 aliphatic carbocycles. The molecule has 4 heteroatoms. The molecule has 1 aromatic heterocycles. The summed E-state index contributed by atoms with van der Waals surface area (Å²) in [6.45, 7) is 0. The van der Waals surface area contributed by atoms with E-state index in [0.717, 1.165) is 32.1 Å². The van der Waals surface area contributed by atoms with Crippen molar-refractivity contribution in [3.63, 3.8) is 0 Å². The van der Waals surface area contributed by atoms with E-state index in [9.17, 15) is 4.79 Å². The minimum atomic E-state index is -0.727. The topological polar surface area (TPSA) is 82.0 Å². The van der Waals surface area contributed by atoms with Crippen LogP contribution in [0, 0.1) is 0 Å². The molecule has 1 saturated carbocycles. The van der Waals surface area contributed by atoms with Crippen molar-refractivity contribution < 1.29 is 4.79 Å². The highest BCUT2D eigenvalue weighted by Gasteiger charge is 2.36. The Kier molecular flexibility index (Phi) is 2.92. The number of Topliss-reactive ketones (excluding diaryl/α,β-unsaturated/α-hetero) is 1. The lowest BCUT2D eigenvalue weighted by molar-refractivity contribution is 0.0848. The Labute approximate surface area is 95.0 Å². The van der Waals surface area contributed by atoms with Crippen LogP contribution >= 0.6 is 0 Å². The number of carbonyl (C=O) groups excluding carboxylic acids is 1. The monoisotopic (exact) mass is 219 g/mol. The maximum atomic E-state index is 12.3. The Hall–Kier alpha value is -1.42. The highest BCUT2D eigenvalue weighted by molar-refractivity contribution is 6.06. The molecule has 0 bridgehead atoms. The van der Waals surface area contributed by atoms with E-state index in [2.05, 4.69) is 4.98 Å². The second kappa shape index (κ2) is 4.22. The lowest BCUT2D eigenvalue weighted by atomic mass is 9.77. The average Bonchev–Trinajstić information content (AvgIpc) is 2.30. The maximum absolute atomic E-state index is 12.3. The summed E-state index contributed by atoms with van der Waals surface area (Å²) in [6, 6.07) is 1.64. The van der Waals surface area contributed by atoms with Gasteiger partial charge in [0.05, 0.1) is 11.1 Å². The molecule has 0 radical (unpaired) electrons. The van der Waals surface area contributed by atoms with Crippen molar-refractivity contribution in [1.82, 2.24) is 4.98 Å². The highest BCUT2D eigenvalue weighted by atomic mass is 16.1. The largest absolute Gasteiger partial charge is 0.398 e. The van der Waals surface area contributed by atoms with Crippen molar-refractivity contribution in [3.8, 4) is 0 Å². The third kappa shape index (κ3) is 1.93. The molecule has 16 heavy (non-hydrogen) atoms. The normalized spacial score (nSPS) is 19.3. The fourth-order valence-electron chi connectivity index (χ4n) is 2.27. The van der Waals surface area contributed by atoms with Gasteiger partial charge < -0.3 is 11.5 Å². The van der Waals surface area contributed by atoms with Crippen LogP contribution in [0.25, 0.3) is 0 Å². The molecule has 0 unspecified atom stereocenters. The van der Waals surface area contributed by atoms with E-state index in [0.29, 0.717) is 11.3 Å².